The molecule has 0 spiro atoms. The number of hydrogen-bond donors (Lipinski definition) is 1. The van der Waals surface area contributed by atoms with E-state index in [9.17, 15) is 0 Å². The van der Waals surface area contributed by atoms with Crippen LogP contribution in [-0.4, -0.2) is 4.98 Å². The van der Waals surface area contributed by atoms with Gasteiger partial charge in [0, 0.05) is 9.85 Å². The van der Waals surface area contributed by atoms with Crippen LogP contribution in [0.2, 0.25) is 0 Å². The highest BCUT2D eigenvalue weighted by molar-refractivity contribution is 9.10. The van der Waals surface area contributed by atoms with Gasteiger partial charge in [-0.3, -0.25) is 0 Å². The van der Waals surface area contributed by atoms with Gasteiger partial charge in [-0.1, -0.05) is 12.2 Å². The van der Waals surface area contributed by atoms with Crippen molar-refractivity contribution in [3.8, 4) is 16.6 Å². The van der Waals surface area contributed by atoms with Gasteiger partial charge in [0.25, 0.3) is 0 Å². The van der Waals surface area contributed by atoms with Gasteiger partial charge in [0.2, 0.25) is 0 Å². The maximum Gasteiger partial charge on any atom is 0.121 e. The maximum atomic E-state index is 8.74. The van der Waals surface area contributed by atoms with Crippen molar-refractivity contribution in [2.75, 3.05) is 0 Å². The van der Waals surface area contributed by atoms with Crippen LogP contribution in [0.5, 0.6) is 0 Å². The van der Waals surface area contributed by atoms with Crippen molar-refractivity contribution in [3.63, 3.8) is 0 Å². The molecule has 1 N–H and O–H groups in total. The fourth-order valence-corrected chi connectivity index (χ4v) is 2.79. The molecule has 0 saturated heterocycles. The zero-order valence-electron chi connectivity index (χ0n) is 7.45. The Bertz CT molecular complexity index is 592. The van der Waals surface area contributed by atoms with Crippen molar-refractivity contribution in [2.45, 2.75) is 0 Å². The van der Waals surface area contributed by atoms with E-state index in [0.717, 1.165) is 15.0 Å². The molecule has 0 amide bonds. The lowest BCUT2D eigenvalue weighted by Crippen LogP contribution is -1.84. The molecule has 5 heteroatoms. The number of nitrogens with zero attached hydrogens (tertiary/aromatic N) is 1. The molecule has 0 bridgehead atoms. The highest BCUT2D eigenvalue weighted by Crippen LogP contribution is 2.28. The van der Waals surface area contributed by atoms with Crippen LogP contribution in [0.25, 0.3) is 10.6 Å². The number of pyridine rings is 1. The average molecular weight is 297 g/mol. The van der Waals surface area contributed by atoms with E-state index in [4.69, 9.17) is 17.5 Å². The fraction of sp³-hybridized carbons (Fsp3) is 0. The summed E-state index contributed by atoms with van der Waals surface area (Å²) in [6.45, 7) is 0. The van der Waals surface area contributed by atoms with Gasteiger partial charge >= 0.3 is 0 Å². The molecule has 2 nitrogen and oxygen atoms in total. The van der Waals surface area contributed by atoms with E-state index in [1.165, 1.54) is 0 Å². The molecule has 2 rings (SSSR count). The van der Waals surface area contributed by atoms with E-state index in [0.29, 0.717) is 10.2 Å². The lowest BCUT2D eigenvalue weighted by atomic mass is 10.2. The molecule has 0 atom stereocenters. The van der Waals surface area contributed by atoms with E-state index in [1.54, 1.807) is 17.4 Å². The summed E-state index contributed by atoms with van der Waals surface area (Å²) in [5.41, 5.74) is 1.44. The summed E-state index contributed by atoms with van der Waals surface area (Å²) in [6, 6.07) is 7.65. The predicted molar refractivity (Wildman–Crippen MR) is 67.4 cm³/mol. The second kappa shape index (κ2) is 4.27. The molecular formula is C10H5BrN2S2. The van der Waals surface area contributed by atoms with Crippen molar-refractivity contribution in [1.82, 2.24) is 4.98 Å². The number of halogens is 1. The molecule has 2 aromatic rings. The minimum atomic E-state index is 0.486. The molecule has 2 heterocycles. The van der Waals surface area contributed by atoms with Crippen LogP contribution in [0.15, 0.2) is 28.1 Å². The van der Waals surface area contributed by atoms with Crippen molar-refractivity contribution >= 4 is 39.5 Å². The van der Waals surface area contributed by atoms with Gasteiger partial charge in [-0.15, -0.1) is 11.3 Å². The van der Waals surface area contributed by atoms with Gasteiger partial charge in [-0.2, -0.15) is 5.26 Å². The molecule has 0 unspecified atom stereocenters. The van der Waals surface area contributed by atoms with Crippen LogP contribution >= 0.6 is 39.5 Å². The number of aromatic nitrogens is 1. The molecule has 74 valence electrons. The molecule has 0 fully saturated rings. The summed E-state index contributed by atoms with van der Waals surface area (Å²) < 4.78 is 1.53. The smallest absolute Gasteiger partial charge is 0.121 e. The Morgan fingerprint density at radius 1 is 1.47 bits per heavy atom. The topological polar surface area (TPSA) is 39.6 Å². The quantitative estimate of drug-likeness (QED) is 0.805. The molecule has 0 aliphatic heterocycles. The van der Waals surface area contributed by atoms with Gasteiger partial charge in [0.15, 0.2) is 0 Å². The molecule has 0 aliphatic carbocycles. The van der Waals surface area contributed by atoms with Crippen LogP contribution in [0.3, 0.4) is 0 Å². The maximum absolute atomic E-state index is 8.74. The summed E-state index contributed by atoms with van der Waals surface area (Å²) in [5.74, 6) is 0. The molecule has 0 radical (unpaired) electrons. The molecule has 0 saturated carbocycles. The lowest BCUT2D eigenvalue weighted by molar-refractivity contribution is 1.28. The first-order valence-electron chi connectivity index (χ1n) is 4.08. The number of nitriles is 1. The van der Waals surface area contributed by atoms with Gasteiger partial charge in [-0.25, -0.2) is 0 Å². The summed E-state index contributed by atoms with van der Waals surface area (Å²) in [6.07, 6.45) is 0. The van der Waals surface area contributed by atoms with Crippen molar-refractivity contribution in [2.24, 2.45) is 0 Å². The Kier molecular flexibility index (Phi) is 3.00. The van der Waals surface area contributed by atoms with Gasteiger partial charge in [0.05, 0.1) is 16.1 Å². The second-order valence-corrected chi connectivity index (χ2v) is 5.09. The van der Waals surface area contributed by atoms with Crippen molar-refractivity contribution in [1.29, 1.82) is 5.26 Å². The summed E-state index contributed by atoms with van der Waals surface area (Å²) >= 11 is 10.1. The van der Waals surface area contributed by atoms with Crippen molar-refractivity contribution < 1.29 is 0 Å². The fourth-order valence-electron chi connectivity index (χ4n) is 1.16. The first-order valence-corrected chi connectivity index (χ1v) is 6.16. The first-order chi connectivity index (χ1) is 7.20. The third-order valence-electron chi connectivity index (χ3n) is 1.86. The second-order valence-electron chi connectivity index (χ2n) is 2.86. The zero-order valence-corrected chi connectivity index (χ0v) is 10.7. The molecule has 0 aromatic carbocycles. The Balaban J connectivity index is 2.53. The standard InChI is InChI=1S/C10H5BrN2S2/c11-7-3-9(15-5-7)8-2-1-6(4-12)10(14)13-8/h1-3,5H,(H,13,14). The van der Waals surface area contributed by atoms with Gasteiger partial charge in [-0.05, 0) is 34.1 Å². The van der Waals surface area contributed by atoms with E-state index >= 15 is 0 Å². The van der Waals surface area contributed by atoms with E-state index < -0.39 is 0 Å². The Morgan fingerprint density at radius 2 is 2.27 bits per heavy atom. The summed E-state index contributed by atoms with van der Waals surface area (Å²) in [7, 11) is 0. The number of aromatic amines is 1. The largest absolute Gasteiger partial charge is 0.344 e. The van der Waals surface area contributed by atoms with Crippen molar-refractivity contribution in [3.05, 3.63) is 38.3 Å². The first kappa shape index (κ1) is 10.6. The van der Waals surface area contributed by atoms with Crippen LogP contribution in [0, 0.1) is 16.0 Å². The number of rotatable bonds is 1. The third kappa shape index (κ3) is 2.17. The monoisotopic (exact) mass is 296 g/mol. The van der Waals surface area contributed by atoms with Crippen LogP contribution in [0.1, 0.15) is 5.56 Å². The summed E-state index contributed by atoms with van der Waals surface area (Å²) in [4.78, 5) is 4.13. The Labute approximate surface area is 104 Å². The molecule has 2 aromatic heterocycles. The summed E-state index contributed by atoms with van der Waals surface area (Å²) in [5, 5.41) is 10.7. The Hall–Kier alpha value is -0.960. The van der Waals surface area contributed by atoms with Gasteiger partial charge < -0.3 is 4.98 Å². The minimum absolute atomic E-state index is 0.486. The van der Waals surface area contributed by atoms with E-state index in [2.05, 4.69) is 20.9 Å². The highest BCUT2D eigenvalue weighted by Gasteiger charge is 2.02. The molecule has 15 heavy (non-hydrogen) atoms. The van der Waals surface area contributed by atoms with Gasteiger partial charge in [0.1, 0.15) is 10.7 Å². The lowest BCUT2D eigenvalue weighted by Gasteiger charge is -1.97. The van der Waals surface area contributed by atoms with E-state index in [-0.39, 0.29) is 0 Å². The molecular weight excluding hydrogens is 292 g/mol. The zero-order chi connectivity index (χ0) is 10.8. The third-order valence-corrected chi connectivity index (χ3v) is 3.91. The van der Waals surface area contributed by atoms with E-state index in [1.807, 2.05) is 23.6 Å². The Morgan fingerprint density at radius 3 is 2.80 bits per heavy atom. The number of thiophene rings is 1. The average Bonchev–Trinajstić information content (AvgIpc) is 2.65. The minimum Gasteiger partial charge on any atom is -0.344 e. The predicted octanol–water partition coefficient (Wildman–Crippen LogP) is 4.11. The number of nitrogens with one attached hydrogen (secondary N) is 1. The highest BCUT2D eigenvalue weighted by atomic mass is 79.9. The van der Waals surface area contributed by atoms with Crippen LogP contribution < -0.4 is 0 Å². The van der Waals surface area contributed by atoms with Crippen LogP contribution in [0.4, 0.5) is 0 Å². The number of hydrogen-bond acceptors (Lipinski definition) is 3. The van der Waals surface area contributed by atoms with Crippen LogP contribution in [-0.2, 0) is 0 Å². The molecule has 0 aliphatic rings. The SMILES string of the molecule is N#Cc1ccc(-c2cc(Br)cs2)[nH]c1=S. The normalized spacial score (nSPS) is 9.87. The number of H-pyrrole nitrogens is 1.